The molecule has 0 saturated heterocycles. The molecule has 0 unspecified atom stereocenters. The smallest absolute Gasteiger partial charge is 0.131 e. The molecular formula is C14H27N3S. The van der Waals surface area contributed by atoms with Gasteiger partial charge in [-0.2, -0.15) is 0 Å². The van der Waals surface area contributed by atoms with Gasteiger partial charge in [0.05, 0.1) is 0 Å². The lowest BCUT2D eigenvalue weighted by molar-refractivity contribution is 0.547. The van der Waals surface area contributed by atoms with E-state index in [4.69, 9.17) is 0 Å². The summed E-state index contributed by atoms with van der Waals surface area (Å²) in [6.45, 7) is 10.8. The van der Waals surface area contributed by atoms with E-state index in [9.17, 15) is 0 Å². The second-order valence-electron chi connectivity index (χ2n) is 5.33. The van der Waals surface area contributed by atoms with Crippen molar-refractivity contribution in [3.8, 4) is 0 Å². The van der Waals surface area contributed by atoms with Crippen LogP contribution in [0.5, 0.6) is 0 Å². The molecule has 0 fully saturated rings. The van der Waals surface area contributed by atoms with Gasteiger partial charge in [-0.3, -0.25) is 0 Å². The van der Waals surface area contributed by atoms with Gasteiger partial charge in [0, 0.05) is 12.5 Å². The van der Waals surface area contributed by atoms with Crippen molar-refractivity contribution in [2.75, 3.05) is 6.54 Å². The molecule has 4 heteroatoms. The van der Waals surface area contributed by atoms with Crippen molar-refractivity contribution < 1.29 is 0 Å². The molecule has 0 spiro atoms. The first-order chi connectivity index (χ1) is 8.67. The van der Waals surface area contributed by atoms with Crippen molar-refractivity contribution in [3.63, 3.8) is 0 Å². The molecule has 0 saturated carbocycles. The summed E-state index contributed by atoms with van der Waals surface area (Å²) in [5, 5.41) is 14.5. The maximum Gasteiger partial charge on any atom is 0.131 e. The third-order valence-electron chi connectivity index (χ3n) is 2.93. The van der Waals surface area contributed by atoms with E-state index in [1.54, 1.807) is 11.3 Å². The van der Waals surface area contributed by atoms with Crippen LogP contribution in [0.15, 0.2) is 0 Å². The summed E-state index contributed by atoms with van der Waals surface area (Å²) in [6.07, 6.45) is 4.93. The molecular weight excluding hydrogens is 242 g/mol. The standard InChI is InChI=1S/C14H27N3S/c1-5-7-12(8-6-2)14-17-16-13(18-14)10-15-9-11(3)4/h11-12,15H,5-10H2,1-4H3. The predicted octanol–water partition coefficient (Wildman–Crippen LogP) is 3.97. The molecule has 0 aliphatic carbocycles. The van der Waals surface area contributed by atoms with Gasteiger partial charge in [-0.15, -0.1) is 10.2 Å². The molecule has 0 aliphatic heterocycles. The molecule has 1 aromatic rings. The van der Waals surface area contributed by atoms with Crippen LogP contribution in [0, 0.1) is 5.92 Å². The zero-order valence-corrected chi connectivity index (χ0v) is 13.0. The molecule has 0 amide bonds. The lowest BCUT2D eigenvalue weighted by Gasteiger charge is -2.10. The lowest BCUT2D eigenvalue weighted by atomic mass is 9.99. The van der Waals surface area contributed by atoms with Gasteiger partial charge in [-0.25, -0.2) is 0 Å². The second kappa shape index (κ2) is 8.59. The van der Waals surface area contributed by atoms with Crippen molar-refractivity contribution in [2.24, 2.45) is 5.92 Å². The number of nitrogens with zero attached hydrogens (tertiary/aromatic N) is 2. The number of nitrogens with one attached hydrogen (secondary N) is 1. The largest absolute Gasteiger partial charge is 0.310 e. The zero-order valence-electron chi connectivity index (χ0n) is 12.2. The highest BCUT2D eigenvalue weighted by atomic mass is 32.1. The Morgan fingerprint density at radius 3 is 2.33 bits per heavy atom. The van der Waals surface area contributed by atoms with E-state index in [1.165, 1.54) is 30.7 Å². The molecule has 1 aromatic heterocycles. The van der Waals surface area contributed by atoms with Gasteiger partial charge in [0.15, 0.2) is 0 Å². The number of hydrogen-bond acceptors (Lipinski definition) is 4. The van der Waals surface area contributed by atoms with E-state index in [0.717, 1.165) is 18.1 Å². The normalized spacial score (nSPS) is 11.7. The first kappa shape index (κ1) is 15.6. The van der Waals surface area contributed by atoms with Crippen LogP contribution in [0.1, 0.15) is 69.3 Å². The number of hydrogen-bond donors (Lipinski definition) is 1. The molecule has 0 radical (unpaired) electrons. The molecule has 0 aromatic carbocycles. The summed E-state index contributed by atoms with van der Waals surface area (Å²) in [7, 11) is 0. The highest BCUT2D eigenvalue weighted by Crippen LogP contribution is 2.28. The van der Waals surface area contributed by atoms with E-state index >= 15 is 0 Å². The fourth-order valence-corrected chi connectivity index (χ4v) is 3.04. The van der Waals surface area contributed by atoms with E-state index in [2.05, 4.69) is 43.2 Å². The summed E-state index contributed by atoms with van der Waals surface area (Å²) < 4.78 is 0. The quantitative estimate of drug-likeness (QED) is 0.737. The number of rotatable bonds is 9. The van der Waals surface area contributed by atoms with Crippen LogP contribution in [0.25, 0.3) is 0 Å². The minimum atomic E-state index is 0.622. The molecule has 0 bridgehead atoms. The maximum absolute atomic E-state index is 4.38. The van der Waals surface area contributed by atoms with Gasteiger partial charge >= 0.3 is 0 Å². The molecule has 3 nitrogen and oxygen atoms in total. The molecule has 0 atom stereocenters. The fourth-order valence-electron chi connectivity index (χ4n) is 2.06. The Labute approximate surface area is 115 Å². The van der Waals surface area contributed by atoms with Crippen molar-refractivity contribution in [3.05, 3.63) is 10.0 Å². The van der Waals surface area contributed by atoms with Crippen molar-refractivity contribution in [1.82, 2.24) is 15.5 Å². The van der Waals surface area contributed by atoms with Gasteiger partial charge in [-0.05, 0) is 25.3 Å². The summed E-state index contributed by atoms with van der Waals surface area (Å²) in [4.78, 5) is 0. The molecule has 1 heterocycles. The third kappa shape index (κ3) is 5.44. The molecule has 0 aliphatic rings. The molecule has 104 valence electrons. The SMILES string of the molecule is CCCC(CCC)c1nnc(CNCC(C)C)s1. The zero-order chi connectivity index (χ0) is 13.4. The first-order valence-electron chi connectivity index (χ1n) is 7.20. The number of aromatic nitrogens is 2. The first-order valence-corrected chi connectivity index (χ1v) is 8.01. The Bertz CT molecular complexity index is 317. The second-order valence-corrected chi connectivity index (χ2v) is 6.43. The van der Waals surface area contributed by atoms with Crippen LogP contribution in [-0.2, 0) is 6.54 Å². The minimum absolute atomic E-state index is 0.622. The lowest BCUT2D eigenvalue weighted by Crippen LogP contribution is -2.18. The van der Waals surface area contributed by atoms with Crippen LogP contribution in [-0.4, -0.2) is 16.7 Å². The molecule has 1 rings (SSSR count). The maximum atomic E-state index is 4.38. The Morgan fingerprint density at radius 2 is 1.78 bits per heavy atom. The van der Waals surface area contributed by atoms with Crippen molar-refractivity contribution in [1.29, 1.82) is 0 Å². The Morgan fingerprint density at radius 1 is 1.11 bits per heavy atom. The van der Waals surface area contributed by atoms with Gasteiger partial charge in [0.1, 0.15) is 10.0 Å². The Balaban J connectivity index is 2.49. The topological polar surface area (TPSA) is 37.8 Å². The predicted molar refractivity (Wildman–Crippen MR) is 79.0 cm³/mol. The van der Waals surface area contributed by atoms with E-state index in [1.807, 2.05) is 0 Å². The van der Waals surface area contributed by atoms with Crippen LogP contribution >= 0.6 is 11.3 Å². The molecule has 1 N–H and O–H groups in total. The third-order valence-corrected chi connectivity index (χ3v) is 4.02. The summed E-state index contributed by atoms with van der Waals surface area (Å²) in [5.41, 5.74) is 0. The summed E-state index contributed by atoms with van der Waals surface area (Å²) >= 11 is 1.79. The molecule has 18 heavy (non-hydrogen) atoms. The van der Waals surface area contributed by atoms with Crippen LogP contribution in [0.3, 0.4) is 0 Å². The van der Waals surface area contributed by atoms with Crippen LogP contribution in [0.2, 0.25) is 0 Å². The van der Waals surface area contributed by atoms with Gasteiger partial charge < -0.3 is 5.32 Å². The minimum Gasteiger partial charge on any atom is -0.310 e. The average Bonchev–Trinajstić information content (AvgIpc) is 2.77. The summed E-state index contributed by atoms with van der Waals surface area (Å²) in [6, 6.07) is 0. The average molecular weight is 269 g/mol. The van der Waals surface area contributed by atoms with Gasteiger partial charge in [0.2, 0.25) is 0 Å². The monoisotopic (exact) mass is 269 g/mol. The van der Waals surface area contributed by atoms with E-state index < -0.39 is 0 Å². The van der Waals surface area contributed by atoms with E-state index in [0.29, 0.717) is 11.8 Å². The van der Waals surface area contributed by atoms with Gasteiger partial charge in [0.25, 0.3) is 0 Å². The van der Waals surface area contributed by atoms with Crippen LogP contribution < -0.4 is 5.32 Å². The Kier molecular flexibility index (Phi) is 7.44. The Hall–Kier alpha value is -0.480. The highest BCUT2D eigenvalue weighted by molar-refractivity contribution is 7.11. The van der Waals surface area contributed by atoms with Crippen molar-refractivity contribution in [2.45, 2.75) is 65.8 Å². The highest BCUT2D eigenvalue weighted by Gasteiger charge is 2.15. The summed E-state index contributed by atoms with van der Waals surface area (Å²) in [5.74, 6) is 1.31. The fraction of sp³-hybridized carbons (Fsp3) is 0.857. The van der Waals surface area contributed by atoms with Crippen molar-refractivity contribution >= 4 is 11.3 Å². The van der Waals surface area contributed by atoms with E-state index in [-0.39, 0.29) is 0 Å². The van der Waals surface area contributed by atoms with Crippen LogP contribution in [0.4, 0.5) is 0 Å². The van der Waals surface area contributed by atoms with Gasteiger partial charge in [-0.1, -0.05) is 51.9 Å².